The van der Waals surface area contributed by atoms with Gasteiger partial charge in [-0.2, -0.15) is 0 Å². The van der Waals surface area contributed by atoms with E-state index >= 15 is 0 Å². The van der Waals surface area contributed by atoms with Crippen LogP contribution in [0.3, 0.4) is 0 Å². The number of aliphatic imine (C=N–C) groups is 1. The summed E-state index contributed by atoms with van der Waals surface area (Å²) in [5.74, 6) is 2.39. The summed E-state index contributed by atoms with van der Waals surface area (Å²) in [6.45, 7) is 12.4. The number of halogens is 1. The van der Waals surface area contributed by atoms with Crippen LogP contribution in [-0.4, -0.2) is 68.7 Å². The molecule has 0 atom stereocenters. The van der Waals surface area contributed by atoms with Crippen LogP contribution in [0.1, 0.15) is 40.0 Å². The smallest absolute Gasteiger partial charge is 0.265 e. The molecule has 2 N–H and O–H groups in total. The number of fused-ring (bicyclic) bond motifs is 1. The molecule has 1 aromatic carbocycles. The highest BCUT2D eigenvalue weighted by atomic mass is 127. The first-order valence-electron chi connectivity index (χ1n) is 11.4. The molecule has 7 nitrogen and oxygen atoms in total. The van der Waals surface area contributed by atoms with Gasteiger partial charge in [0, 0.05) is 45.3 Å². The molecule has 1 saturated heterocycles. The molecule has 0 unspecified atom stereocenters. The molecular weight excluding hydrogens is 505 g/mol. The van der Waals surface area contributed by atoms with Gasteiger partial charge in [0.05, 0.1) is 5.69 Å². The van der Waals surface area contributed by atoms with Crippen LogP contribution >= 0.6 is 24.0 Å². The van der Waals surface area contributed by atoms with Crippen molar-refractivity contribution in [1.82, 2.24) is 15.5 Å². The van der Waals surface area contributed by atoms with E-state index in [-0.39, 0.29) is 36.5 Å². The quantitative estimate of drug-likeness (QED) is 0.228. The van der Waals surface area contributed by atoms with Crippen molar-refractivity contribution >= 4 is 41.5 Å². The Balaban J connectivity index is 0.00000341. The van der Waals surface area contributed by atoms with Crippen molar-refractivity contribution < 1.29 is 9.53 Å². The molecule has 0 radical (unpaired) electrons. The summed E-state index contributed by atoms with van der Waals surface area (Å²) in [6.07, 6.45) is 3.11. The summed E-state index contributed by atoms with van der Waals surface area (Å²) in [4.78, 5) is 21.4. The van der Waals surface area contributed by atoms with Crippen LogP contribution in [0.4, 0.5) is 5.69 Å². The van der Waals surface area contributed by atoms with Crippen LogP contribution in [0.25, 0.3) is 0 Å². The molecule has 174 valence electrons. The second-order valence-corrected chi connectivity index (χ2v) is 8.53. The Morgan fingerprint density at radius 1 is 1.26 bits per heavy atom. The average Bonchev–Trinajstić information content (AvgIpc) is 2.73. The van der Waals surface area contributed by atoms with Gasteiger partial charge in [-0.05, 0) is 44.2 Å². The Labute approximate surface area is 204 Å². The first-order chi connectivity index (χ1) is 14.6. The lowest BCUT2D eigenvalue weighted by Gasteiger charge is -2.34. The van der Waals surface area contributed by atoms with Crippen molar-refractivity contribution in [2.24, 2.45) is 10.9 Å². The van der Waals surface area contributed by atoms with Crippen LogP contribution < -0.4 is 20.3 Å². The molecular formula is C23H38IN5O2. The molecule has 2 heterocycles. The number of benzene rings is 1. The van der Waals surface area contributed by atoms with E-state index in [1.807, 2.05) is 29.2 Å². The predicted molar refractivity (Wildman–Crippen MR) is 138 cm³/mol. The largest absolute Gasteiger partial charge is 0.482 e. The van der Waals surface area contributed by atoms with E-state index < -0.39 is 0 Å². The molecule has 1 amide bonds. The number of ether oxygens (including phenoxy) is 1. The Hall–Kier alpha value is -1.55. The lowest BCUT2D eigenvalue weighted by molar-refractivity contribution is -0.121. The Morgan fingerprint density at radius 3 is 2.71 bits per heavy atom. The zero-order chi connectivity index (χ0) is 21.3. The van der Waals surface area contributed by atoms with Gasteiger partial charge in [-0.1, -0.05) is 26.0 Å². The van der Waals surface area contributed by atoms with E-state index in [9.17, 15) is 4.79 Å². The third-order valence-electron chi connectivity index (χ3n) is 5.51. The van der Waals surface area contributed by atoms with Gasteiger partial charge in [-0.25, -0.2) is 0 Å². The highest BCUT2D eigenvalue weighted by Crippen LogP contribution is 2.31. The summed E-state index contributed by atoms with van der Waals surface area (Å²) in [7, 11) is 0. The average molecular weight is 543 g/mol. The monoisotopic (exact) mass is 543 g/mol. The van der Waals surface area contributed by atoms with E-state index in [4.69, 9.17) is 9.73 Å². The zero-order valence-electron chi connectivity index (χ0n) is 19.1. The lowest BCUT2D eigenvalue weighted by Crippen LogP contribution is -2.49. The van der Waals surface area contributed by atoms with Crippen molar-refractivity contribution in [2.45, 2.75) is 46.1 Å². The lowest BCUT2D eigenvalue weighted by atomic mass is 10.0. The molecule has 0 aromatic heterocycles. The number of nitrogens with one attached hydrogen (secondary N) is 2. The number of rotatable bonds is 8. The summed E-state index contributed by atoms with van der Waals surface area (Å²) in [5.41, 5.74) is 0.857. The molecule has 0 saturated carbocycles. The number of hydrogen-bond donors (Lipinski definition) is 2. The molecule has 1 aromatic rings. The summed E-state index contributed by atoms with van der Waals surface area (Å²) >= 11 is 0. The first-order valence-corrected chi connectivity index (χ1v) is 11.4. The molecule has 2 aliphatic heterocycles. The molecule has 0 bridgehead atoms. The van der Waals surface area contributed by atoms with Crippen molar-refractivity contribution in [2.75, 3.05) is 50.8 Å². The molecule has 3 rings (SSSR count). The van der Waals surface area contributed by atoms with Crippen LogP contribution in [0.15, 0.2) is 29.3 Å². The fraction of sp³-hybridized carbons (Fsp3) is 0.652. The SMILES string of the molecule is CCNC(=NCCCN1C(=O)COc2ccccc21)NC1CCN(CC(C)C)CC1.I. The van der Waals surface area contributed by atoms with Gasteiger partial charge < -0.3 is 25.2 Å². The van der Waals surface area contributed by atoms with Crippen LogP contribution in [-0.2, 0) is 4.79 Å². The Morgan fingerprint density at radius 2 is 2.00 bits per heavy atom. The first kappa shape index (κ1) is 25.7. The third kappa shape index (κ3) is 7.82. The molecule has 0 spiro atoms. The third-order valence-corrected chi connectivity index (χ3v) is 5.51. The number of hydrogen-bond acceptors (Lipinski definition) is 4. The minimum Gasteiger partial charge on any atom is -0.482 e. The number of piperidine rings is 1. The maximum atomic E-state index is 12.3. The fourth-order valence-electron chi connectivity index (χ4n) is 4.11. The minimum atomic E-state index is 0. The predicted octanol–water partition coefficient (Wildman–Crippen LogP) is 3.10. The van der Waals surface area contributed by atoms with Gasteiger partial charge in [0.25, 0.3) is 5.91 Å². The molecule has 31 heavy (non-hydrogen) atoms. The van der Waals surface area contributed by atoms with E-state index in [1.165, 1.54) is 6.54 Å². The topological polar surface area (TPSA) is 69.2 Å². The van der Waals surface area contributed by atoms with Crippen LogP contribution in [0, 0.1) is 5.92 Å². The number of carbonyl (C=O) groups excluding carboxylic acids is 1. The Kier molecular flexibility index (Phi) is 10.9. The molecule has 1 fully saturated rings. The second-order valence-electron chi connectivity index (χ2n) is 8.53. The van der Waals surface area contributed by atoms with E-state index in [2.05, 4.69) is 36.3 Å². The van der Waals surface area contributed by atoms with Crippen LogP contribution in [0.2, 0.25) is 0 Å². The van der Waals surface area contributed by atoms with Crippen molar-refractivity contribution in [1.29, 1.82) is 0 Å². The fourth-order valence-corrected chi connectivity index (χ4v) is 4.11. The van der Waals surface area contributed by atoms with Gasteiger partial charge >= 0.3 is 0 Å². The van der Waals surface area contributed by atoms with Gasteiger partial charge in [0.15, 0.2) is 12.6 Å². The second kappa shape index (κ2) is 13.1. The van der Waals surface area contributed by atoms with Crippen molar-refractivity contribution in [3.8, 4) is 5.75 Å². The maximum Gasteiger partial charge on any atom is 0.265 e. The number of nitrogens with zero attached hydrogens (tertiary/aromatic N) is 3. The van der Waals surface area contributed by atoms with Gasteiger partial charge in [-0.3, -0.25) is 9.79 Å². The van der Waals surface area contributed by atoms with E-state index in [1.54, 1.807) is 0 Å². The summed E-state index contributed by atoms with van der Waals surface area (Å²) in [6, 6.07) is 8.18. The van der Waals surface area contributed by atoms with E-state index in [0.717, 1.165) is 62.2 Å². The van der Waals surface area contributed by atoms with Gasteiger partial charge in [0.2, 0.25) is 0 Å². The highest BCUT2D eigenvalue weighted by Gasteiger charge is 2.24. The van der Waals surface area contributed by atoms with Gasteiger partial charge in [-0.15, -0.1) is 24.0 Å². The normalized spacial score (nSPS) is 17.7. The number of amides is 1. The minimum absolute atomic E-state index is 0. The number of guanidine groups is 1. The zero-order valence-corrected chi connectivity index (χ0v) is 21.4. The summed E-state index contributed by atoms with van der Waals surface area (Å²) in [5, 5.41) is 6.97. The van der Waals surface area contributed by atoms with Crippen LogP contribution in [0.5, 0.6) is 5.75 Å². The van der Waals surface area contributed by atoms with E-state index in [0.29, 0.717) is 19.1 Å². The Bertz CT molecular complexity index is 720. The maximum absolute atomic E-state index is 12.3. The molecule has 0 aliphatic carbocycles. The number of likely N-dealkylation sites (tertiary alicyclic amines) is 1. The summed E-state index contributed by atoms with van der Waals surface area (Å²) < 4.78 is 5.51. The molecule has 8 heteroatoms. The number of anilines is 1. The van der Waals surface area contributed by atoms with Crippen molar-refractivity contribution in [3.05, 3.63) is 24.3 Å². The standard InChI is InChI=1S/C23H37N5O2.HI/c1-4-24-23(26-19-10-14-27(15-11-19)16-18(2)3)25-12-7-13-28-20-8-5-6-9-21(20)30-17-22(28)29;/h5-6,8-9,18-19H,4,7,10-17H2,1-3H3,(H2,24,25,26);1H. The van der Waals surface area contributed by atoms with Crippen molar-refractivity contribution in [3.63, 3.8) is 0 Å². The number of para-hydroxylation sites is 2. The highest BCUT2D eigenvalue weighted by molar-refractivity contribution is 14.0. The van der Waals surface area contributed by atoms with Gasteiger partial charge in [0.1, 0.15) is 5.75 Å². The molecule has 2 aliphatic rings. The number of carbonyl (C=O) groups is 1.